The molecule has 16 heavy (non-hydrogen) atoms. The van der Waals surface area contributed by atoms with E-state index in [0.29, 0.717) is 0 Å². The molecule has 2 N–H and O–H groups in total. The second kappa shape index (κ2) is 5.21. The van der Waals surface area contributed by atoms with Crippen LogP contribution in [0.4, 0.5) is 4.39 Å². The average molecular weight is 242 g/mol. The van der Waals surface area contributed by atoms with Crippen molar-refractivity contribution in [2.45, 2.75) is 31.3 Å². The summed E-state index contributed by atoms with van der Waals surface area (Å²) < 4.78 is 13.3. The predicted octanol–water partition coefficient (Wildman–Crippen LogP) is 1.54. The molecule has 0 aliphatic carbocycles. The summed E-state index contributed by atoms with van der Waals surface area (Å²) in [4.78, 5) is 0. The van der Waals surface area contributed by atoms with E-state index in [1.165, 1.54) is 12.1 Å². The zero-order valence-corrected chi connectivity index (χ0v) is 10.5. The predicted molar refractivity (Wildman–Crippen MR) is 67.3 cm³/mol. The molecule has 0 radical (unpaired) electrons. The molecule has 1 aromatic rings. The Bertz CT molecular complexity index is 363. The average Bonchev–Trinajstić information content (AvgIpc) is 2.14. The van der Waals surface area contributed by atoms with Crippen LogP contribution in [0.1, 0.15) is 26.3 Å². The summed E-state index contributed by atoms with van der Waals surface area (Å²) in [5, 5.41) is 17.9. The first kappa shape index (κ1) is 13.5. The molecule has 0 fully saturated rings. The molecule has 0 bridgehead atoms. The van der Waals surface area contributed by atoms with Crippen LogP contribution in [0.2, 0.25) is 0 Å². The maximum absolute atomic E-state index is 13.2. The van der Waals surface area contributed by atoms with E-state index in [4.69, 9.17) is 10.0 Å². The second-order valence-electron chi connectivity index (χ2n) is 4.63. The lowest BCUT2D eigenvalue weighted by molar-refractivity contribution is 0.423. The number of thioether (sulfide) groups is 1. The first-order chi connectivity index (χ1) is 7.29. The Kier molecular flexibility index (Phi) is 4.41. The van der Waals surface area contributed by atoms with Crippen molar-refractivity contribution in [1.82, 2.24) is 0 Å². The van der Waals surface area contributed by atoms with Gasteiger partial charge in [-0.15, -0.1) is 0 Å². The molecule has 0 amide bonds. The zero-order valence-electron chi connectivity index (χ0n) is 9.70. The molecule has 0 aromatic heterocycles. The van der Waals surface area contributed by atoms with Crippen molar-refractivity contribution >= 4 is 24.3 Å². The Morgan fingerprint density at radius 1 is 1.31 bits per heavy atom. The van der Waals surface area contributed by atoms with Gasteiger partial charge in [-0.05, 0) is 11.6 Å². The molecular formula is C11H16BFO2S. The minimum absolute atomic E-state index is 0.0630. The van der Waals surface area contributed by atoms with E-state index in [2.05, 4.69) is 20.8 Å². The van der Waals surface area contributed by atoms with Gasteiger partial charge in [0.2, 0.25) is 0 Å². The Morgan fingerprint density at radius 2 is 1.94 bits per heavy atom. The SMILES string of the molecule is CC(C)(C)SCc1ccc(F)c(B(O)O)c1. The molecule has 0 aliphatic heterocycles. The largest absolute Gasteiger partial charge is 0.491 e. The topological polar surface area (TPSA) is 40.5 Å². The van der Waals surface area contributed by atoms with Gasteiger partial charge in [-0.2, -0.15) is 11.8 Å². The summed E-state index contributed by atoms with van der Waals surface area (Å²) in [5.41, 5.74) is 0.830. The highest BCUT2D eigenvalue weighted by atomic mass is 32.2. The fourth-order valence-corrected chi connectivity index (χ4v) is 1.96. The molecular weight excluding hydrogens is 226 g/mol. The van der Waals surface area contributed by atoms with E-state index < -0.39 is 12.9 Å². The van der Waals surface area contributed by atoms with Crippen LogP contribution in [0.3, 0.4) is 0 Å². The van der Waals surface area contributed by atoms with Crippen LogP contribution in [0, 0.1) is 5.82 Å². The fourth-order valence-electron chi connectivity index (χ4n) is 1.18. The van der Waals surface area contributed by atoms with Gasteiger partial charge in [0.25, 0.3) is 0 Å². The number of rotatable bonds is 3. The summed E-state index contributed by atoms with van der Waals surface area (Å²) in [6.45, 7) is 6.30. The molecule has 0 atom stereocenters. The summed E-state index contributed by atoms with van der Waals surface area (Å²) in [6, 6.07) is 4.44. The lowest BCUT2D eigenvalue weighted by Gasteiger charge is -2.17. The van der Waals surface area contributed by atoms with Gasteiger partial charge in [-0.1, -0.05) is 32.9 Å². The van der Waals surface area contributed by atoms with Gasteiger partial charge < -0.3 is 10.0 Å². The lowest BCUT2D eigenvalue weighted by Crippen LogP contribution is -2.33. The van der Waals surface area contributed by atoms with Crippen LogP contribution in [0.5, 0.6) is 0 Å². The lowest BCUT2D eigenvalue weighted by atomic mass is 9.79. The van der Waals surface area contributed by atoms with Gasteiger partial charge in [-0.3, -0.25) is 0 Å². The minimum atomic E-state index is -1.75. The summed E-state index contributed by atoms with van der Waals surface area (Å²) in [5.74, 6) is 0.142. The number of hydrogen-bond donors (Lipinski definition) is 2. The van der Waals surface area contributed by atoms with Crippen molar-refractivity contribution in [3.63, 3.8) is 0 Å². The standard InChI is InChI=1S/C11H16BFO2S/c1-11(2,3)16-7-8-4-5-10(13)9(6-8)12(14)15/h4-6,14-15H,7H2,1-3H3. The Balaban J connectivity index is 2.79. The van der Waals surface area contributed by atoms with Crippen LogP contribution < -0.4 is 5.46 Å². The van der Waals surface area contributed by atoms with E-state index >= 15 is 0 Å². The molecule has 0 unspecified atom stereocenters. The van der Waals surface area contributed by atoms with E-state index in [-0.39, 0.29) is 10.2 Å². The van der Waals surface area contributed by atoms with Crippen molar-refractivity contribution in [2.75, 3.05) is 0 Å². The molecule has 0 heterocycles. The molecule has 0 aliphatic rings. The van der Waals surface area contributed by atoms with Crippen LogP contribution in [-0.2, 0) is 5.75 Å². The van der Waals surface area contributed by atoms with Crippen LogP contribution in [0.25, 0.3) is 0 Å². The quantitative estimate of drug-likeness (QED) is 0.790. The van der Waals surface area contributed by atoms with Gasteiger partial charge in [0.1, 0.15) is 5.82 Å². The summed E-state index contributed by atoms with van der Waals surface area (Å²) >= 11 is 1.73. The Labute approximate surface area is 100 Å². The van der Waals surface area contributed by atoms with Gasteiger partial charge in [-0.25, -0.2) is 4.39 Å². The van der Waals surface area contributed by atoms with Gasteiger partial charge in [0, 0.05) is 16.0 Å². The van der Waals surface area contributed by atoms with E-state index in [9.17, 15) is 4.39 Å². The van der Waals surface area contributed by atoms with E-state index in [1.54, 1.807) is 17.8 Å². The van der Waals surface area contributed by atoms with Gasteiger partial charge >= 0.3 is 7.12 Å². The maximum atomic E-state index is 13.2. The Morgan fingerprint density at radius 3 is 2.44 bits per heavy atom. The molecule has 1 aromatic carbocycles. The molecule has 1 rings (SSSR count). The third-order valence-electron chi connectivity index (χ3n) is 2.01. The molecule has 2 nitrogen and oxygen atoms in total. The number of halogens is 1. The Hall–Kier alpha value is -0.515. The molecule has 88 valence electrons. The third kappa shape index (κ3) is 4.16. The molecule has 5 heteroatoms. The first-order valence-corrected chi connectivity index (χ1v) is 6.06. The van der Waals surface area contributed by atoms with Gasteiger partial charge in [0.15, 0.2) is 0 Å². The van der Waals surface area contributed by atoms with E-state index in [1.807, 2.05) is 0 Å². The molecule has 0 saturated carbocycles. The van der Waals surface area contributed by atoms with Crippen LogP contribution >= 0.6 is 11.8 Å². The number of benzene rings is 1. The van der Waals surface area contributed by atoms with E-state index in [0.717, 1.165) is 11.3 Å². The van der Waals surface area contributed by atoms with Crippen molar-refractivity contribution in [1.29, 1.82) is 0 Å². The monoisotopic (exact) mass is 242 g/mol. The highest BCUT2D eigenvalue weighted by Crippen LogP contribution is 2.26. The molecule has 0 spiro atoms. The maximum Gasteiger partial charge on any atom is 0.491 e. The van der Waals surface area contributed by atoms with Crippen molar-refractivity contribution in [3.05, 3.63) is 29.6 Å². The smallest absolute Gasteiger partial charge is 0.423 e. The summed E-state index contributed by atoms with van der Waals surface area (Å²) in [6.07, 6.45) is 0. The summed E-state index contributed by atoms with van der Waals surface area (Å²) in [7, 11) is -1.75. The molecule has 0 saturated heterocycles. The van der Waals surface area contributed by atoms with Crippen molar-refractivity contribution in [3.8, 4) is 0 Å². The van der Waals surface area contributed by atoms with Crippen molar-refractivity contribution in [2.24, 2.45) is 0 Å². The van der Waals surface area contributed by atoms with Crippen LogP contribution in [-0.4, -0.2) is 21.9 Å². The third-order valence-corrected chi connectivity index (χ3v) is 3.35. The minimum Gasteiger partial charge on any atom is -0.423 e. The fraction of sp³-hybridized carbons (Fsp3) is 0.455. The highest BCUT2D eigenvalue weighted by molar-refractivity contribution is 7.99. The highest BCUT2D eigenvalue weighted by Gasteiger charge is 2.17. The zero-order chi connectivity index (χ0) is 12.3. The van der Waals surface area contributed by atoms with Gasteiger partial charge in [0.05, 0.1) is 0 Å². The van der Waals surface area contributed by atoms with Crippen LogP contribution in [0.15, 0.2) is 18.2 Å². The normalized spacial score (nSPS) is 11.6. The first-order valence-electron chi connectivity index (χ1n) is 5.08. The number of hydrogen-bond acceptors (Lipinski definition) is 3. The second-order valence-corrected chi connectivity index (χ2v) is 6.43. The van der Waals surface area contributed by atoms with Crippen molar-refractivity contribution < 1.29 is 14.4 Å².